The summed E-state index contributed by atoms with van der Waals surface area (Å²) >= 11 is 0. The summed E-state index contributed by atoms with van der Waals surface area (Å²) in [7, 11) is 1.72. The van der Waals surface area contributed by atoms with Crippen molar-refractivity contribution in [1.82, 2.24) is 4.90 Å². The van der Waals surface area contributed by atoms with Crippen molar-refractivity contribution in [3.63, 3.8) is 0 Å². The summed E-state index contributed by atoms with van der Waals surface area (Å²) in [4.78, 5) is 2.66. The minimum atomic E-state index is 0.487. The Hall–Kier alpha value is -1.80. The van der Waals surface area contributed by atoms with Crippen LogP contribution in [0, 0.1) is 0 Å². The summed E-state index contributed by atoms with van der Waals surface area (Å²) in [6, 6.07) is 18.3. The lowest BCUT2D eigenvalue weighted by molar-refractivity contribution is 0.230. The molecule has 0 bridgehead atoms. The Morgan fingerprint density at radius 1 is 1.00 bits per heavy atom. The van der Waals surface area contributed by atoms with E-state index in [9.17, 15) is 0 Å². The van der Waals surface area contributed by atoms with Crippen LogP contribution in [0.1, 0.15) is 41.5 Å². The molecule has 0 unspecified atom stereocenters. The molecule has 2 aliphatic rings. The first kappa shape index (κ1) is 12.9. The van der Waals surface area contributed by atoms with Crippen LogP contribution < -0.4 is 4.74 Å². The Balaban J connectivity index is 1.76. The van der Waals surface area contributed by atoms with Gasteiger partial charge in [0.2, 0.25) is 0 Å². The standard InChI is InChI=1S/C19H21NO/c1-21-15-10-8-14(9-11-15)18-13-20-12-4-7-19(20)17-6-3-2-5-16(17)18/h2-3,5-6,8-11,18-19H,4,7,12-13H2,1H3/t18-,19-/m0/s1. The lowest BCUT2D eigenvalue weighted by atomic mass is 9.82. The number of benzene rings is 2. The molecule has 0 aliphatic carbocycles. The lowest BCUT2D eigenvalue weighted by Gasteiger charge is -2.37. The lowest BCUT2D eigenvalue weighted by Crippen LogP contribution is -2.34. The molecule has 0 aromatic heterocycles. The highest BCUT2D eigenvalue weighted by Gasteiger charge is 2.35. The maximum absolute atomic E-state index is 5.28. The number of ether oxygens (including phenoxy) is 1. The molecule has 1 fully saturated rings. The van der Waals surface area contributed by atoms with E-state index in [2.05, 4.69) is 53.4 Å². The second-order valence-corrected chi connectivity index (χ2v) is 6.11. The number of nitrogens with zero attached hydrogens (tertiary/aromatic N) is 1. The highest BCUT2D eigenvalue weighted by atomic mass is 16.5. The number of rotatable bonds is 2. The number of hydrogen-bond acceptors (Lipinski definition) is 2. The van der Waals surface area contributed by atoms with Gasteiger partial charge in [0.05, 0.1) is 7.11 Å². The van der Waals surface area contributed by atoms with Gasteiger partial charge in [-0.3, -0.25) is 4.90 Å². The van der Waals surface area contributed by atoms with E-state index in [1.54, 1.807) is 12.7 Å². The molecule has 0 spiro atoms. The van der Waals surface area contributed by atoms with Gasteiger partial charge in [-0.05, 0) is 48.2 Å². The smallest absolute Gasteiger partial charge is 0.118 e. The van der Waals surface area contributed by atoms with Crippen LogP contribution >= 0.6 is 0 Å². The molecule has 2 aromatic carbocycles. The highest BCUT2D eigenvalue weighted by molar-refractivity contribution is 5.43. The van der Waals surface area contributed by atoms with Crippen molar-refractivity contribution in [2.24, 2.45) is 0 Å². The third kappa shape index (κ3) is 2.14. The zero-order chi connectivity index (χ0) is 14.2. The molecule has 0 radical (unpaired) electrons. The molecule has 0 amide bonds. The van der Waals surface area contributed by atoms with Gasteiger partial charge in [0.1, 0.15) is 5.75 Å². The normalized spacial score (nSPS) is 24.4. The maximum atomic E-state index is 5.28. The summed E-state index contributed by atoms with van der Waals surface area (Å²) in [5.41, 5.74) is 4.46. The van der Waals surface area contributed by atoms with Crippen LogP contribution in [0.5, 0.6) is 5.75 Å². The first-order valence-corrected chi connectivity index (χ1v) is 7.83. The molecule has 4 rings (SSSR count). The summed E-state index contributed by atoms with van der Waals surface area (Å²) < 4.78 is 5.28. The van der Waals surface area contributed by atoms with Gasteiger partial charge < -0.3 is 4.74 Å². The molecular weight excluding hydrogens is 258 g/mol. The van der Waals surface area contributed by atoms with E-state index < -0.39 is 0 Å². The Kier molecular flexibility index (Phi) is 3.19. The first-order chi connectivity index (χ1) is 10.4. The van der Waals surface area contributed by atoms with Gasteiger partial charge >= 0.3 is 0 Å². The van der Waals surface area contributed by atoms with E-state index in [4.69, 9.17) is 4.74 Å². The van der Waals surface area contributed by atoms with Gasteiger partial charge in [0, 0.05) is 18.5 Å². The molecular formula is C19H21NO. The monoisotopic (exact) mass is 279 g/mol. The van der Waals surface area contributed by atoms with E-state index in [0.717, 1.165) is 12.3 Å². The third-order valence-electron chi connectivity index (χ3n) is 5.03. The Labute approximate surface area is 126 Å². The van der Waals surface area contributed by atoms with Gasteiger partial charge in [-0.2, -0.15) is 0 Å². The van der Waals surface area contributed by atoms with Crippen molar-refractivity contribution >= 4 is 0 Å². The van der Waals surface area contributed by atoms with Crippen LogP contribution in [0.2, 0.25) is 0 Å². The van der Waals surface area contributed by atoms with Gasteiger partial charge in [-0.1, -0.05) is 36.4 Å². The Bertz CT molecular complexity index is 634. The second-order valence-electron chi connectivity index (χ2n) is 6.11. The first-order valence-electron chi connectivity index (χ1n) is 7.83. The zero-order valence-corrected chi connectivity index (χ0v) is 12.5. The van der Waals surface area contributed by atoms with Crippen molar-refractivity contribution in [3.8, 4) is 5.75 Å². The molecule has 0 saturated carbocycles. The number of hydrogen-bond donors (Lipinski definition) is 0. The molecule has 2 heterocycles. The largest absolute Gasteiger partial charge is 0.497 e. The quantitative estimate of drug-likeness (QED) is 0.824. The molecule has 2 aromatic rings. The van der Waals surface area contributed by atoms with E-state index in [0.29, 0.717) is 12.0 Å². The maximum Gasteiger partial charge on any atom is 0.118 e. The molecule has 2 atom stereocenters. The summed E-state index contributed by atoms with van der Waals surface area (Å²) in [5, 5.41) is 0. The predicted molar refractivity (Wildman–Crippen MR) is 84.8 cm³/mol. The third-order valence-corrected chi connectivity index (χ3v) is 5.03. The fourth-order valence-electron chi connectivity index (χ4n) is 3.98. The summed E-state index contributed by atoms with van der Waals surface area (Å²) in [5.74, 6) is 1.42. The Morgan fingerprint density at radius 3 is 2.52 bits per heavy atom. The van der Waals surface area contributed by atoms with Crippen LogP contribution in [0.4, 0.5) is 0 Å². The SMILES string of the molecule is COc1ccc([C@@H]2CN3CCC[C@H]3c3ccccc32)cc1. The predicted octanol–water partition coefficient (Wildman–Crippen LogP) is 3.98. The van der Waals surface area contributed by atoms with Crippen LogP contribution in [0.25, 0.3) is 0 Å². The topological polar surface area (TPSA) is 12.5 Å². The summed E-state index contributed by atoms with van der Waals surface area (Å²) in [6.07, 6.45) is 2.64. The van der Waals surface area contributed by atoms with Crippen molar-refractivity contribution in [2.45, 2.75) is 24.8 Å². The molecule has 2 nitrogen and oxygen atoms in total. The minimum absolute atomic E-state index is 0.487. The highest BCUT2D eigenvalue weighted by Crippen LogP contribution is 2.44. The van der Waals surface area contributed by atoms with Crippen molar-refractivity contribution in [1.29, 1.82) is 0 Å². The number of fused-ring (bicyclic) bond motifs is 3. The van der Waals surface area contributed by atoms with Crippen molar-refractivity contribution in [3.05, 3.63) is 65.2 Å². The summed E-state index contributed by atoms with van der Waals surface area (Å²) in [6.45, 7) is 2.39. The van der Waals surface area contributed by atoms with E-state index >= 15 is 0 Å². The average Bonchev–Trinajstić information content (AvgIpc) is 3.03. The minimum Gasteiger partial charge on any atom is -0.497 e. The van der Waals surface area contributed by atoms with Gasteiger partial charge in [0.25, 0.3) is 0 Å². The fraction of sp³-hybridized carbons (Fsp3) is 0.368. The van der Waals surface area contributed by atoms with Crippen molar-refractivity contribution in [2.75, 3.05) is 20.2 Å². The molecule has 2 aliphatic heterocycles. The van der Waals surface area contributed by atoms with Crippen LogP contribution in [0.15, 0.2) is 48.5 Å². The van der Waals surface area contributed by atoms with E-state index in [1.807, 2.05) is 0 Å². The zero-order valence-electron chi connectivity index (χ0n) is 12.5. The van der Waals surface area contributed by atoms with E-state index in [-0.39, 0.29) is 0 Å². The van der Waals surface area contributed by atoms with Gasteiger partial charge in [0.15, 0.2) is 0 Å². The molecule has 2 heteroatoms. The van der Waals surface area contributed by atoms with Crippen LogP contribution in [-0.4, -0.2) is 25.1 Å². The van der Waals surface area contributed by atoms with Gasteiger partial charge in [-0.15, -0.1) is 0 Å². The molecule has 1 saturated heterocycles. The Morgan fingerprint density at radius 2 is 1.76 bits per heavy atom. The average molecular weight is 279 g/mol. The molecule has 21 heavy (non-hydrogen) atoms. The molecule has 108 valence electrons. The molecule has 0 N–H and O–H groups in total. The van der Waals surface area contributed by atoms with Crippen LogP contribution in [-0.2, 0) is 0 Å². The fourth-order valence-corrected chi connectivity index (χ4v) is 3.98. The second kappa shape index (κ2) is 5.19. The van der Waals surface area contributed by atoms with Crippen molar-refractivity contribution < 1.29 is 4.74 Å². The number of methoxy groups -OCH3 is 1. The van der Waals surface area contributed by atoms with E-state index in [1.165, 1.54) is 30.5 Å². The van der Waals surface area contributed by atoms with Gasteiger partial charge in [-0.25, -0.2) is 0 Å². The van der Waals surface area contributed by atoms with Crippen LogP contribution in [0.3, 0.4) is 0 Å².